The molecule has 13 heavy (non-hydrogen) atoms. The molecule has 2 heterocycles. The molecule has 2 rings (SSSR count). The largest absolute Gasteiger partial charge is 0.299 e. The molecule has 0 saturated heterocycles. The number of imidazole rings is 1. The normalized spacial score (nSPS) is 11.5. The number of thiazole rings is 1. The van der Waals surface area contributed by atoms with Crippen molar-refractivity contribution in [3.63, 3.8) is 0 Å². The van der Waals surface area contributed by atoms with Gasteiger partial charge in [-0.15, -0.1) is 11.3 Å². The van der Waals surface area contributed by atoms with Gasteiger partial charge in [-0.1, -0.05) is 0 Å². The Kier molecular flexibility index (Phi) is 1.98. The summed E-state index contributed by atoms with van der Waals surface area (Å²) in [5.41, 5.74) is 1.92. The van der Waals surface area contributed by atoms with Crippen LogP contribution in [0.5, 0.6) is 0 Å². The minimum Gasteiger partial charge on any atom is -0.299 e. The minimum atomic E-state index is 0.769. The number of hydrogen-bond donors (Lipinski definition) is 0. The van der Waals surface area contributed by atoms with Gasteiger partial charge in [0.05, 0.1) is 11.4 Å². The fourth-order valence-electron chi connectivity index (χ4n) is 1.24. The van der Waals surface area contributed by atoms with Crippen molar-refractivity contribution < 1.29 is 4.79 Å². The maximum Gasteiger partial charge on any atom is 0.194 e. The van der Waals surface area contributed by atoms with Gasteiger partial charge in [0.1, 0.15) is 6.29 Å². The van der Waals surface area contributed by atoms with Crippen LogP contribution in [0, 0.1) is 6.92 Å². The Hall–Kier alpha value is -1.42. The molecule has 0 fully saturated rings. The lowest BCUT2D eigenvalue weighted by atomic mass is 10.3. The molecule has 0 aliphatic heterocycles. The van der Waals surface area contributed by atoms with Crippen LogP contribution in [-0.4, -0.2) is 15.7 Å². The van der Waals surface area contributed by atoms with Crippen LogP contribution in [0.3, 0.4) is 0 Å². The van der Waals surface area contributed by atoms with Crippen molar-refractivity contribution >= 4 is 28.7 Å². The van der Waals surface area contributed by atoms with Crippen molar-refractivity contribution in [2.45, 2.75) is 6.92 Å². The summed E-state index contributed by atoms with van der Waals surface area (Å²) >= 11 is 1.59. The van der Waals surface area contributed by atoms with E-state index in [4.69, 9.17) is 0 Å². The maximum atomic E-state index is 10.2. The number of carbonyl (C=O) groups excluding carboxylic acids is 1. The number of aryl methyl sites for hydroxylation is 1. The molecule has 0 aromatic carbocycles. The minimum absolute atomic E-state index is 0.769. The lowest BCUT2D eigenvalue weighted by molar-refractivity contribution is -0.104. The van der Waals surface area contributed by atoms with Crippen molar-refractivity contribution in [3.8, 4) is 0 Å². The average Bonchev–Trinajstić information content (AvgIpc) is 2.62. The van der Waals surface area contributed by atoms with Crippen LogP contribution in [0.2, 0.25) is 0 Å². The molecule has 0 aliphatic rings. The van der Waals surface area contributed by atoms with Crippen LogP contribution >= 0.6 is 11.3 Å². The standard InChI is InChI=1S/C9H8N2OS/c1-7-8(3-2-5-12)11-4-6-13-9(11)10-7/h2-6H,1H3/b3-2+. The SMILES string of the molecule is Cc1nc2sccn2c1/C=C/C=O. The quantitative estimate of drug-likeness (QED) is 0.538. The average molecular weight is 192 g/mol. The molecule has 0 amide bonds. The number of rotatable bonds is 2. The van der Waals surface area contributed by atoms with E-state index in [9.17, 15) is 4.79 Å². The topological polar surface area (TPSA) is 34.4 Å². The molecular formula is C9H8N2OS. The predicted molar refractivity (Wildman–Crippen MR) is 52.9 cm³/mol. The predicted octanol–water partition coefficient (Wildman–Crippen LogP) is 1.92. The van der Waals surface area contributed by atoms with Crippen LogP contribution < -0.4 is 0 Å². The zero-order valence-corrected chi connectivity index (χ0v) is 7.91. The fraction of sp³-hybridized carbons (Fsp3) is 0.111. The van der Waals surface area contributed by atoms with E-state index < -0.39 is 0 Å². The van der Waals surface area contributed by atoms with Crippen molar-refractivity contribution in [3.05, 3.63) is 29.0 Å². The second-order valence-corrected chi connectivity index (χ2v) is 3.51. The number of aromatic nitrogens is 2. The fourth-order valence-corrected chi connectivity index (χ4v) is 2.01. The van der Waals surface area contributed by atoms with E-state index in [1.165, 1.54) is 6.08 Å². The maximum absolute atomic E-state index is 10.2. The number of fused-ring (bicyclic) bond motifs is 1. The van der Waals surface area contributed by atoms with E-state index >= 15 is 0 Å². The second-order valence-electron chi connectivity index (χ2n) is 2.63. The molecule has 0 spiro atoms. The van der Waals surface area contributed by atoms with Gasteiger partial charge < -0.3 is 0 Å². The molecule has 4 heteroatoms. The molecule has 2 aromatic heterocycles. The highest BCUT2D eigenvalue weighted by atomic mass is 32.1. The van der Waals surface area contributed by atoms with E-state index in [0.29, 0.717) is 0 Å². The molecule has 0 aliphatic carbocycles. The van der Waals surface area contributed by atoms with Crippen molar-refractivity contribution in [1.29, 1.82) is 0 Å². The van der Waals surface area contributed by atoms with Gasteiger partial charge in [0.25, 0.3) is 0 Å². The van der Waals surface area contributed by atoms with Gasteiger partial charge >= 0.3 is 0 Å². The third-order valence-electron chi connectivity index (χ3n) is 1.82. The molecule has 66 valence electrons. The third-order valence-corrected chi connectivity index (χ3v) is 2.57. The lowest BCUT2D eigenvalue weighted by Gasteiger charge is -1.89. The Morgan fingerprint density at radius 2 is 2.46 bits per heavy atom. The first-order valence-corrected chi connectivity index (χ1v) is 4.75. The molecule has 0 atom stereocenters. The van der Waals surface area contributed by atoms with Gasteiger partial charge in [0, 0.05) is 11.6 Å². The van der Waals surface area contributed by atoms with E-state index in [1.54, 1.807) is 17.4 Å². The zero-order chi connectivity index (χ0) is 9.26. The molecule has 0 N–H and O–H groups in total. The van der Waals surface area contributed by atoms with Gasteiger partial charge in [0.2, 0.25) is 0 Å². The summed E-state index contributed by atoms with van der Waals surface area (Å²) in [5, 5.41) is 1.97. The molecule has 0 unspecified atom stereocenters. The van der Waals surface area contributed by atoms with Crippen LogP contribution in [0.1, 0.15) is 11.4 Å². The summed E-state index contributed by atoms with van der Waals surface area (Å²) in [6.45, 7) is 1.93. The lowest BCUT2D eigenvalue weighted by Crippen LogP contribution is -1.82. The van der Waals surface area contributed by atoms with Crippen LogP contribution in [0.25, 0.3) is 11.0 Å². The first-order chi connectivity index (χ1) is 6.33. The highest BCUT2D eigenvalue weighted by Crippen LogP contribution is 2.17. The zero-order valence-electron chi connectivity index (χ0n) is 7.10. The van der Waals surface area contributed by atoms with Gasteiger partial charge in [-0.3, -0.25) is 9.20 Å². The van der Waals surface area contributed by atoms with Crippen molar-refractivity contribution in [2.75, 3.05) is 0 Å². The van der Waals surface area contributed by atoms with E-state index in [0.717, 1.165) is 22.6 Å². The number of nitrogens with zero attached hydrogens (tertiary/aromatic N) is 2. The first-order valence-electron chi connectivity index (χ1n) is 3.87. The summed E-state index contributed by atoms with van der Waals surface area (Å²) in [6, 6.07) is 0. The highest BCUT2D eigenvalue weighted by Gasteiger charge is 2.05. The van der Waals surface area contributed by atoms with Crippen LogP contribution in [0.15, 0.2) is 17.7 Å². The Labute approximate surface area is 79.3 Å². The third kappa shape index (κ3) is 1.29. The number of allylic oxidation sites excluding steroid dienone is 1. The van der Waals surface area contributed by atoms with Gasteiger partial charge in [-0.25, -0.2) is 4.98 Å². The van der Waals surface area contributed by atoms with Gasteiger partial charge in [-0.2, -0.15) is 0 Å². The van der Waals surface area contributed by atoms with E-state index in [2.05, 4.69) is 4.98 Å². The first kappa shape index (κ1) is 8.19. The monoisotopic (exact) mass is 192 g/mol. The highest BCUT2D eigenvalue weighted by molar-refractivity contribution is 7.15. The summed E-state index contributed by atoms with van der Waals surface area (Å²) in [7, 11) is 0. The molecule has 0 bridgehead atoms. The van der Waals surface area contributed by atoms with Crippen LogP contribution in [0.4, 0.5) is 0 Å². The van der Waals surface area contributed by atoms with Gasteiger partial charge in [0.15, 0.2) is 4.96 Å². The number of aldehydes is 1. The van der Waals surface area contributed by atoms with E-state index in [-0.39, 0.29) is 0 Å². The molecular weight excluding hydrogens is 184 g/mol. The summed E-state index contributed by atoms with van der Waals surface area (Å²) in [6.07, 6.45) is 5.97. The smallest absolute Gasteiger partial charge is 0.194 e. The Morgan fingerprint density at radius 1 is 1.62 bits per heavy atom. The number of carbonyl (C=O) groups is 1. The summed E-state index contributed by atoms with van der Waals surface area (Å²) in [4.78, 5) is 15.5. The van der Waals surface area contributed by atoms with Crippen molar-refractivity contribution in [1.82, 2.24) is 9.38 Å². The second kappa shape index (κ2) is 3.14. The van der Waals surface area contributed by atoms with E-state index in [1.807, 2.05) is 22.9 Å². The Balaban J connectivity index is 2.63. The molecule has 0 radical (unpaired) electrons. The number of hydrogen-bond acceptors (Lipinski definition) is 3. The summed E-state index contributed by atoms with van der Waals surface area (Å²) in [5.74, 6) is 0. The van der Waals surface area contributed by atoms with Gasteiger partial charge in [-0.05, 0) is 19.1 Å². The molecule has 2 aromatic rings. The summed E-state index contributed by atoms with van der Waals surface area (Å²) < 4.78 is 1.97. The van der Waals surface area contributed by atoms with Crippen LogP contribution in [-0.2, 0) is 4.79 Å². The molecule has 3 nitrogen and oxygen atoms in total. The van der Waals surface area contributed by atoms with Crippen molar-refractivity contribution in [2.24, 2.45) is 0 Å². The molecule has 0 saturated carbocycles. The Morgan fingerprint density at radius 3 is 3.23 bits per heavy atom. The Bertz CT molecular complexity index is 467.